The molecule has 0 radical (unpaired) electrons. The lowest BCUT2D eigenvalue weighted by Crippen LogP contribution is -2.30. The molecule has 6 rings (SSSR count). The first kappa shape index (κ1) is 29.2. The Morgan fingerprint density at radius 2 is 1.26 bits per heavy atom. The minimum absolute atomic E-state index is 0.167. The highest BCUT2D eigenvalue weighted by Gasteiger charge is 2.36. The maximum atomic E-state index is 12.0. The monoisotopic (exact) mass is 531 g/mol. The van der Waals surface area contributed by atoms with Gasteiger partial charge in [-0.25, -0.2) is 0 Å². The van der Waals surface area contributed by atoms with Crippen molar-refractivity contribution in [2.24, 2.45) is 16.2 Å². The van der Waals surface area contributed by atoms with E-state index in [2.05, 4.69) is 55.8 Å². The van der Waals surface area contributed by atoms with Gasteiger partial charge in [-0.15, -0.1) is 0 Å². The summed E-state index contributed by atoms with van der Waals surface area (Å²) < 4.78 is 0. The van der Waals surface area contributed by atoms with E-state index in [1.54, 1.807) is 5.56 Å². The Hall–Kier alpha value is -2.82. The number of nitrogens with one attached hydrogen (secondary N) is 3. The van der Waals surface area contributed by atoms with Crippen molar-refractivity contribution in [3.8, 4) is 0 Å². The molecule has 0 saturated carbocycles. The first-order valence-electron chi connectivity index (χ1n) is 14.7. The van der Waals surface area contributed by atoms with E-state index in [0.29, 0.717) is 16.6 Å². The lowest BCUT2D eigenvalue weighted by atomic mass is 9.74. The molecule has 212 valence electrons. The van der Waals surface area contributed by atoms with Crippen LogP contribution in [0.4, 0.5) is 0 Å². The second-order valence-electron chi connectivity index (χ2n) is 14.4. The van der Waals surface area contributed by atoms with Crippen LogP contribution in [0, 0.1) is 37.0 Å². The Morgan fingerprint density at radius 1 is 0.718 bits per heavy atom. The van der Waals surface area contributed by atoms with Crippen LogP contribution in [0.3, 0.4) is 0 Å². The number of ketones is 1. The van der Waals surface area contributed by atoms with Crippen molar-refractivity contribution in [1.82, 2.24) is 15.0 Å². The van der Waals surface area contributed by atoms with Gasteiger partial charge in [0, 0.05) is 40.5 Å². The van der Waals surface area contributed by atoms with Crippen LogP contribution in [0.15, 0.2) is 12.4 Å². The molecule has 3 N–H and O–H groups in total. The number of aromatic nitrogens is 3. The summed E-state index contributed by atoms with van der Waals surface area (Å²) in [6.45, 7) is 19.6. The molecule has 3 aliphatic rings. The standard InChI is InChI=1S/C12H17NO.C11H15NO.C11H17N/c1-8-9-6-12(2,3)5-4-10(9)13-11(8)7-14;1-7-6-12-8-4-5-11(2,3)10(13)9(7)8;1-8-7-12-10-4-5-11(2,3)6-9(8)10/h7,13H,4-6H2,1-3H3;6,12H,4-5H2,1-3H3;7,12H,4-6H2,1-3H3. The molecule has 0 saturated heterocycles. The lowest BCUT2D eigenvalue weighted by molar-refractivity contribution is 0.0810. The highest BCUT2D eigenvalue weighted by molar-refractivity contribution is 6.03. The summed E-state index contributed by atoms with van der Waals surface area (Å²) in [6, 6.07) is 0. The number of carbonyl (C=O) groups is 2. The highest BCUT2D eigenvalue weighted by atomic mass is 16.1. The molecule has 0 fully saturated rings. The van der Waals surface area contributed by atoms with Crippen molar-refractivity contribution in [3.05, 3.63) is 68.6 Å². The Balaban J connectivity index is 0.000000136. The van der Waals surface area contributed by atoms with Crippen LogP contribution < -0.4 is 0 Å². The second kappa shape index (κ2) is 10.6. The van der Waals surface area contributed by atoms with E-state index in [4.69, 9.17) is 0 Å². The summed E-state index contributed by atoms with van der Waals surface area (Å²) >= 11 is 0. The van der Waals surface area contributed by atoms with E-state index >= 15 is 0 Å². The van der Waals surface area contributed by atoms with Crippen molar-refractivity contribution >= 4 is 12.1 Å². The van der Waals surface area contributed by atoms with Crippen LogP contribution in [-0.2, 0) is 32.1 Å². The Kier molecular flexibility index (Phi) is 7.95. The van der Waals surface area contributed by atoms with Gasteiger partial charge in [-0.05, 0) is 111 Å². The van der Waals surface area contributed by atoms with Crippen LogP contribution in [-0.4, -0.2) is 27.0 Å². The smallest absolute Gasteiger partial charge is 0.170 e. The molecule has 0 spiro atoms. The molecule has 3 heterocycles. The molecule has 0 atom stereocenters. The first-order chi connectivity index (χ1) is 18.1. The summed E-state index contributed by atoms with van der Waals surface area (Å²) in [5.41, 5.74) is 13.0. The van der Waals surface area contributed by atoms with Crippen LogP contribution in [0.25, 0.3) is 0 Å². The quantitative estimate of drug-likeness (QED) is 0.278. The largest absolute Gasteiger partial charge is 0.364 e. The third-order valence-electron chi connectivity index (χ3n) is 9.34. The van der Waals surface area contributed by atoms with Crippen molar-refractivity contribution in [2.45, 2.75) is 114 Å². The zero-order valence-electron chi connectivity index (χ0n) is 25.7. The zero-order valence-corrected chi connectivity index (χ0v) is 25.7. The third-order valence-corrected chi connectivity index (χ3v) is 9.34. The average Bonchev–Trinajstić information content (AvgIpc) is 3.51. The molecule has 3 aliphatic carbocycles. The molecule has 0 aromatic carbocycles. The fourth-order valence-electron chi connectivity index (χ4n) is 6.41. The molecule has 3 aromatic heterocycles. The number of H-pyrrole nitrogens is 3. The van der Waals surface area contributed by atoms with Gasteiger partial charge >= 0.3 is 0 Å². The molecule has 39 heavy (non-hydrogen) atoms. The summed E-state index contributed by atoms with van der Waals surface area (Å²) in [5.74, 6) is 0.299. The highest BCUT2D eigenvalue weighted by Crippen LogP contribution is 2.38. The number of aldehydes is 1. The molecule has 0 unspecified atom stereocenters. The summed E-state index contributed by atoms with van der Waals surface area (Å²) in [5, 5.41) is 0. The molecule has 0 bridgehead atoms. The maximum absolute atomic E-state index is 12.0. The number of Topliss-reactive ketones (excluding diaryl/α,β-unsaturated/α-hetero) is 1. The van der Waals surface area contributed by atoms with Gasteiger partial charge in [0.05, 0.1) is 5.69 Å². The van der Waals surface area contributed by atoms with Gasteiger partial charge in [0.15, 0.2) is 12.1 Å². The van der Waals surface area contributed by atoms with Crippen LogP contribution in [0.1, 0.15) is 127 Å². The van der Waals surface area contributed by atoms with E-state index in [0.717, 1.165) is 60.0 Å². The first-order valence-corrected chi connectivity index (χ1v) is 14.7. The van der Waals surface area contributed by atoms with E-state index in [9.17, 15) is 9.59 Å². The summed E-state index contributed by atoms with van der Waals surface area (Å²) in [7, 11) is 0. The molecule has 0 amide bonds. The number of hydrogen-bond donors (Lipinski definition) is 3. The normalized spacial score (nSPS) is 19.9. The van der Waals surface area contributed by atoms with Gasteiger partial charge in [0.2, 0.25) is 0 Å². The van der Waals surface area contributed by atoms with Crippen molar-refractivity contribution in [2.75, 3.05) is 0 Å². The minimum atomic E-state index is -0.167. The van der Waals surface area contributed by atoms with Crippen LogP contribution >= 0.6 is 0 Å². The number of aryl methyl sites for hydroxylation is 5. The number of hydrogen-bond acceptors (Lipinski definition) is 2. The third kappa shape index (κ3) is 6.18. The minimum Gasteiger partial charge on any atom is -0.364 e. The molecule has 5 heteroatoms. The van der Waals surface area contributed by atoms with E-state index in [-0.39, 0.29) is 5.41 Å². The van der Waals surface area contributed by atoms with E-state index in [1.807, 2.05) is 33.9 Å². The molecular formula is C34H49N3O2. The topological polar surface area (TPSA) is 81.5 Å². The number of rotatable bonds is 1. The fraction of sp³-hybridized carbons (Fsp3) is 0.588. The Bertz CT molecular complexity index is 1360. The zero-order chi connectivity index (χ0) is 28.8. The number of aromatic amines is 3. The van der Waals surface area contributed by atoms with Crippen molar-refractivity contribution in [3.63, 3.8) is 0 Å². The van der Waals surface area contributed by atoms with Crippen molar-refractivity contribution in [1.29, 1.82) is 0 Å². The van der Waals surface area contributed by atoms with Gasteiger partial charge in [-0.3, -0.25) is 9.59 Å². The summed E-state index contributed by atoms with van der Waals surface area (Å²) in [4.78, 5) is 32.5. The van der Waals surface area contributed by atoms with Gasteiger partial charge in [0.1, 0.15) is 0 Å². The summed E-state index contributed by atoms with van der Waals surface area (Å²) in [6.07, 6.45) is 14.2. The number of carbonyl (C=O) groups excluding carboxylic acids is 2. The van der Waals surface area contributed by atoms with Gasteiger partial charge in [-0.1, -0.05) is 41.5 Å². The Morgan fingerprint density at radius 3 is 1.90 bits per heavy atom. The SMILES string of the molecule is Cc1c(C=O)[nH]c2c1CC(C)(C)CC2.Cc1c[nH]c2c1C(=O)C(C)(C)CC2.Cc1c[nH]c2c1CC(C)(C)CC2. The molecule has 0 aliphatic heterocycles. The van der Waals surface area contributed by atoms with Gasteiger partial charge in [-0.2, -0.15) is 0 Å². The predicted molar refractivity (Wildman–Crippen MR) is 160 cm³/mol. The average molecular weight is 532 g/mol. The van der Waals surface area contributed by atoms with Crippen molar-refractivity contribution < 1.29 is 9.59 Å². The second-order valence-corrected chi connectivity index (χ2v) is 14.4. The Labute approximate surface area is 235 Å². The molecule has 3 aromatic rings. The molecule has 5 nitrogen and oxygen atoms in total. The van der Waals surface area contributed by atoms with E-state index < -0.39 is 0 Å². The van der Waals surface area contributed by atoms with Gasteiger partial charge < -0.3 is 15.0 Å². The van der Waals surface area contributed by atoms with Gasteiger partial charge in [0.25, 0.3) is 0 Å². The van der Waals surface area contributed by atoms with E-state index in [1.165, 1.54) is 48.2 Å². The van der Waals surface area contributed by atoms with Crippen LogP contribution in [0.5, 0.6) is 0 Å². The lowest BCUT2D eigenvalue weighted by Gasteiger charge is -2.29. The molecular weight excluding hydrogens is 482 g/mol. The number of fused-ring (bicyclic) bond motifs is 3. The maximum Gasteiger partial charge on any atom is 0.170 e. The predicted octanol–water partition coefficient (Wildman–Crippen LogP) is 7.97. The fourth-order valence-corrected chi connectivity index (χ4v) is 6.41. The van der Waals surface area contributed by atoms with Crippen LogP contribution in [0.2, 0.25) is 0 Å².